The zero-order valence-corrected chi connectivity index (χ0v) is 17.9. The summed E-state index contributed by atoms with van der Waals surface area (Å²) < 4.78 is 12.0. The van der Waals surface area contributed by atoms with Crippen LogP contribution in [0.15, 0.2) is 54.6 Å². The molecule has 0 N–H and O–H groups in total. The Hall–Kier alpha value is -3.14. The number of hydrogen-bond donors (Lipinski definition) is 0. The third-order valence-electron chi connectivity index (χ3n) is 5.06. The van der Waals surface area contributed by atoms with Gasteiger partial charge in [-0.1, -0.05) is 48.4 Å². The van der Waals surface area contributed by atoms with Crippen molar-refractivity contribution in [2.75, 3.05) is 13.1 Å². The van der Waals surface area contributed by atoms with E-state index < -0.39 is 0 Å². The van der Waals surface area contributed by atoms with E-state index in [2.05, 4.69) is 20.9 Å². The van der Waals surface area contributed by atoms with E-state index in [1.807, 2.05) is 30.3 Å². The number of nitrogens with zero attached hydrogens (tertiary/aromatic N) is 4. The van der Waals surface area contributed by atoms with Crippen molar-refractivity contribution < 1.29 is 9.47 Å². The van der Waals surface area contributed by atoms with E-state index in [1.165, 1.54) is 19.3 Å². The van der Waals surface area contributed by atoms with E-state index in [1.54, 1.807) is 24.3 Å². The van der Waals surface area contributed by atoms with Crippen LogP contribution in [0.5, 0.6) is 17.4 Å². The summed E-state index contributed by atoms with van der Waals surface area (Å²) in [5, 5.41) is 9.62. The summed E-state index contributed by atoms with van der Waals surface area (Å²) in [6.07, 6.45) is 3.64. The second kappa shape index (κ2) is 10.3. The highest BCUT2D eigenvalue weighted by molar-refractivity contribution is 6.29. The van der Waals surface area contributed by atoms with Crippen molar-refractivity contribution in [1.82, 2.24) is 14.9 Å². The average Bonchev–Trinajstić information content (AvgIpc) is 2.79. The lowest BCUT2D eigenvalue weighted by molar-refractivity contribution is 0.215. The lowest BCUT2D eigenvalue weighted by Crippen LogP contribution is -2.29. The van der Waals surface area contributed by atoms with Crippen LogP contribution in [0.3, 0.4) is 0 Å². The van der Waals surface area contributed by atoms with Gasteiger partial charge in [0.2, 0.25) is 5.88 Å². The molecule has 1 fully saturated rings. The monoisotopic (exact) mass is 434 g/mol. The molecule has 3 aromatic rings. The SMILES string of the molecule is N#Cc1ccc(OCc2ccccc2)c(Oc2cc(Cl)nc(CN3CCCCC3)n2)c1. The number of hydrogen-bond acceptors (Lipinski definition) is 6. The lowest BCUT2D eigenvalue weighted by atomic mass is 10.1. The normalized spacial score (nSPS) is 14.1. The van der Waals surface area contributed by atoms with Gasteiger partial charge in [0.05, 0.1) is 18.2 Å². The number of piperidine rings is 1. The summed E-state index contributed by atoms with van der Waals surface area (Å²) in [4.78, 5) is 11.2. The molecule has 0 bridgehead atoms. The number of rotatable bonds is 7. The predicted molar refractivity (Wildman–Crippen MR) is 118 cm³/mol. The van der Waals surface area contributed by atoms with Gasteiger partial charge in [-0.25, -0.2) is 4.98 Å². The number of aromatic nitrogens is 2. The van der Waals surface area contributed by atoms with Gasteiger partial charge in [0.1, 0.15) is 17.6 Å². The van der Waals surface area contributed by atoms with E-state index in [4.69, 9.17) is 21.1 Å². The lowest BCUT2D eigenvalue weighted by Gasteiger charge is -2.25. The van der Waals surface area contributed by atoms with Crippen LogP contribution in [0.25, 0.3) is 0 Å². The van der Waals surface area contributed by atoms with Gasteiger partial charge in [0.25, 0.3) is 0 Å². The Labute approximate surface area is 187 Å². The maximum Gasteiger partial charge on any atom is 0.224 e. The van der Waals surface area contributed by atoms with Gasteiger partial charge >= 0.3 is 0 Å². The number of benzene rings is 2. The van der Waals surface area contributed by atoms with Gasteiger partial charge in [-0.2, -0.15) is 10.2 Å². The number of halogens is 1. The second-order valence-electron chi connectivity index (χ2n) is 7.43. The number of nitriles is 1. The summed E-state index contributed by atoms with van der Waals surface area (Å²) in [5.41, 5.74) is 1.50. The molecule has 0 spiro atoms. The number of ether oxygens (including phenoxy) is 2. The van der Waals surface area contributed by atoms with E-state index in [9.17, 15) is 5.26 Å². The first-order valence-corrected chi connectivity index (χ1v) is 10.7. The van der Waals surface area contributed by atoms with Crippen LogP contribution < -0.4 is 9.47 Å². The first kappa shape index (κ1) is 21.1. The fourth-order valence-corrected chi connectivity index (χ4v) is 3.70. The van der Waals surface area contributed by atoms with Crippen molar-refractivity contribution in [3.63, 3.8) is 0 Å². The van der Waals surface area contributed by atoms with Crippen LogP contribution >= 0.6 is 11.6 Å². The zero-order chi connectivity index (χ0) is 21.5. The second-order valence-corrected chi connectivity index (χ2v) is 7.82. The Morgan fingerprint density at radius 1 is 0.968 bits per heavy atom. The molecule has 6 nitrogen and oxygen atoms in total. The van der Waals surface area contributed by atoms with Gasteiger partial charge in [-0.05, 0) is 43.6 Å². The Morgan fingerprint density at radius 3 is 2.55 bits per heavy atom. The molecule has 0 radical (unpaired) electrons. The Morgan fingerprint density at radius 2 is 1.77 bits per heavy atom. The van der Waals surface area contributed by atoms with Crippen LogP contribution in [0.1, 0.15) is 36.2 Å². The van der Waals surface area contributed by atoms with E-state index in [-0.39, 0.29) is 0 Å². The highest BCUT2D eigenvalue weighted by Gasteiger charge is 2.15. The fraction of sp³-hybridized carbons (Fsp3) is 0.292. The first-order chi connectivity index (χ1) is 15.2. The molecule has 0 amide bonds. The van der Waals surface area contributed by atoms with Crippen LogP contribution in [-0.2, 0) is 13.2 Å². The summed E-state index contributed by atoms with van der Waals surface area (Å²) in [5.74, 6) is 1.88. The maximum atomic E-state index is 9.30. The largest absolute Gasteiger partial charge is 0.485 e. The Bertz CT molecular complexity index is 1060. The summed E-state index contributed by atoms with van der Waals surface area (Å²) in [6.45, 7) is 3.09. The van der Waals surface area contributed by atoms with Crippen molar-refractivity contribution in [3.05, 3.63) is 76.7 Å². The van der Waals surface area contributed by atoms with Crippen LogP contribution in [0, 0.1) is 11.3 Å². The van der Waals surface area contributed by atoms with Crippen molar-refractivity contribution in [2.24, 2.45) is 0 Å². The molecule has 1 aliphatic heterocycles. The van der Waals surface area contributed by atoms with Gasteiger partial charge in [-0.3, -0.25) is 4.90 Å². The molecule has 158 valence electrons. The van der Waals surface area contributed by atoms with Gasteiger partial charge < -0.3 is 9.47 Å². The molecule has 1 aromatic heterocycles. The highest BCUT2D eigenvalue weighted by Crippen LogP contribution is 2.33. The molecular weight excluding hydrogens is 412 g/mol. The molecule has 0 saturated carbocycles. The molecule has 31 heavy (non-hydrogen) atoms. The molecule has 1 aliphatic rings. The average molecular weight is 435 g/mol. The zero-order valence-electron chi connectivity index (χ0n) is 17.1. The van der Waals surface area contributed by atoms with Gasteiger partial charge in [0.15, 0.2) is 11.5 Å². The maximum absolute atomic E-state index is 9.30. The minimum Gasteiger partial charge on any atom is -0.485 e. The van der Waals surface area contributed by atoms with Crippen molar-refractivity contribution in [3.8, 4) is 23.4 Å². The van der Waals surface area contributed by atoms with Crippen LogP contribution in [0.4, 0.5) is 0 Å². The Kier molecular flexibility index (Phi) is 6.98. The van der Waals surface area contributed by atoms with E-state index >= 15 is 0 Å². The quantitative estimate of drug-likeness (QED) is 0.466. The van der Waals surface area contributed by atoms with Crippen LogP contribution in [-0.4, -0.2) is 28.0 Å². The summed E-state index contributed by atoms with van der Waals surface area (Å²) in [6, 6.07) is 18.6. The molecule has 7 heteroatoms. The van der Waals surface area contributed by atoms with Crippen molar-refractivity contribution in [2.45, 2.75) is 32.4 Å². The molecule has 0 aliphatic carbocycles. The topological polar surface area (TPSA) is 71.3 Å². The van der Waals surface area contributed by atoms with Gasteiger partial charge in [0, 0.05) is 12.1 Å². The molecule has 0 unspecified atom stereocenters. The third-order valence-corrected chi connectivity index (χ3v) is 5.25. The fourth-order valence-electron chi connectivity index (χ4n) is 3.51. The molecule has 0 atom stereocenters. The molecule has 2 aromatic carbocycles. The summed E-state index contributed by atoms with van der Waals surface area (Å²) >= 11 is 6.24. The molecule has 4 rings (SSSR count). The van der Waals surface area contributed by atoms with Crippen molar-refractivity contribution >= 4 is 11.6 Å². The number of likely N-dealkylation sites (tertiary alicyclic amines) is 1. The minimum absolute atomic E-state index is 0.320. The smallest absolute Gasteiger partial charge is 0.224 e. The van der Waals surface area contributed by atoms with E-state index in [0.29, 0.717) is 47.1 Å². The van der Waals surface area contributed by atoms with Crippen LogP contribution in [0.2, 0.25) is 5.15 Å². The van der Waals surface area contributed by atoms with Gasteiger partial charge in [-0.15, -0.1) is 0 Å². The molecule has 1 saturated heterocycles. The molecular formula is C24H23ClN4O2. The first-order valence-electron chi connectivity index (χ1n) is 10.3. The summed E-state index contributed by atoms with van der Waals surface area (Å²) in [7, 11) is 0. The highest BCUT2D eigenvalue weighted by atomic mass is 35.5. The molecule has 2 heterocycles. The minimum atomic E-state index is 0.320. The standard InChI is InChI=1S/C24H23ClN4O2/c25-22-14-24(28-23(27-22)16-29-11-5-2-6-12-29)31-21-13-19(15-26)9-10-20(21)30-17-18-7-3-1-4-8-18/h1,3-4,7-10,13-14H,2,5-6,11-12,16-17H2. The predicted octanol–water partition coefficient (Wildman–Crippen LogP) is 5.36. The van der Waals surface area contributed by atoms with E-state index in [0.717, 1.165) is 18.7 Å². The third kappa shape index (κ3) is 5.94. The van der Waals surface area contributed by atoms with Crippen molar-refractivity contribution in [1.29, 1.82) is 5.26 Å². The Balaban J connectivity index is 1.54.